The van der Waals surface area contributed by atoms with Gasteiger partial charge in [0, 0.05) is 18.8 Å². The number of ketones is 1. The zero-order valence-electron chi connectivity index (χ0n) is 15.0. The van der Waals surface area contributed by atoms with Gasteiger partial charge in [-0.25, -0.2) is 4.98 Å². The number of benzene rings is 1. The van der Waals surface area contributed by atoms with Crippen LogP contribution >= 0.6 is 0 Å². The minimum absolute atomic E-state index is 0.0403. The van der Waals surface area contributed by atoms with Gasteiger partial charge in [-0.2, -0.15) is 0 Å². The van der Waals surface area contributed by atoms with Gasteiger partial charge in [-0.1, -0.05) is 0 Å². The van der Waals surface area contributed by atoms with Gasteiger partial charge in [-0.05, 0) is 55.8 Å². The van der Waals surface area contributed by atoms with Gasteiger partial charge in [-0.3, -0.25) is 14.4 Å². The number of aromatic nitrogens is 1. The molecule has 0 aliphatic heterocycles. The van der Waals surface area contributed by atoms with Crippen LogP contribution in [0.4, 0.5) is 5.82 Å². The van der Waals surface area contributed by atoms with Crippen LogP contribution in [0.25, 0.3) is 0 Å². The Hall–Kier alpha value is -3.22. The lowest BCUT2D eigenvalue weighted by atomic mass is 10.1. The van der Waals surface area contributed by atoms with Crippen molar-refractivity contribution in [3.8, 4) is 5.75 Å². The smallest absolute Gasteiger partial charge is 0.260 e. The number of nitrogens with one attached hydrogen (secondary N) is 1. The molecule has 0 atom stereocenters. The van der Waals surface area contributed by atoms with Gasteiger partial charge in [0.1, 0.15) is 11.6 Å². The van der Waals surface area contributed by atoms with Gasteiger partial charge in [0.05, 0.1) is 6.54 Å². The highest BCUT2D eigenvalue weighted by atomic mass is 16.5. The largest absolute Gasteiger partial charge is 0.484 e. The Bertz CT molecular complexity index is 803. The van der Waals surface area contributed by atoms with Gasteiger partial charge in [0.25, 0.3) is 5.91 Å². The topological polar surface area (TPSA) is 88.6 Å². The highest BCUT2D eigenvalue weighted by Gasteiger charge is 2.14. The van der Waals surface area contributed by atoms with Crippen LogP contribution in [0, 0.1) is 6.92 Å². The molecule has 0 aliphatic carbocycles. The summed E-state index contributed by atoms with van der Waals surface area (Å²) in [6.45, 7) is 3.06. The van der Waals surface area contributed by atoms with Gasteiger partial charge in [0.15, 0.2) is 12.4 Å². The Morgan fingerprint density at radius 3 is 2.46 bits per heavy atom. The second-order valence-electron chi connectivity index (χ2n) is 5.89. The quantitative estimate of drug-likeness (QED) is 0.768. The molecule has 0 unspecified atom stereocenters. The SMILES string of the molecule is CC(=O)c1ccc(OCC(=O)N(C)CC(=O)Nc2cc(C)ccn2)cc1. The molecule has 0 radical (unpaired) electrons. The van der Waals surface area contributed by atoms with Gasteiger partial charge >= 0.3 is 0 Å². The molecule has 1 aromatic heterocycles. The second-order valence-corrected chi connectivity index (χ2v) is 5.89. The monoisotopic (exact) mass is 355 g/mol. The first-order valence-electron chi connectivity index (χ1n) is 8.05. The summed E-state index contributed by atoms with van der Waals surface area (Å²) in [7, 11) is 1.52. The number of likely N-dealkylation sites (N-methyl/N-ethyl adjacent to an activating group) is 1. The lowest BCUT2D eigenvalue weighted by Crippen LogP contribution is -2.37. The molecule has 2 rings (SSSR count). The van der Waals surface area contributed by atoms with E-state index >= 15 is 0 Å². The summed E-state index contributed by atoms with van der Waals surface area (Å²) >= 11 is 0. The molecule has 0 spiro atoms. The van der Waals surface area contributed by atoms with Crippen molar-refractivity contribution in [3.63, 3.8) is 0 Å². The highest BCUT2D eigenvalue weighted by Crippen LogP contribution is 2.12. The number of ether oxygens (including phenoxy) is 1. The molecule has 2 amide bonds. The highest BCUT2D eigenvalue weighted by molar-refractivity contribution is 5.94. The Kier molecular flexibility index (Phi) is 6.43. The van der Waals surface area contributed by atoms with E-state index in [-0.39, 0.29) is 30.7 Å². The van der Waals surface area contributed by atoms with Crippen molar-refractivity contribution < 1.29 is 19.1 Å². The van der Waals surface area contributed by atoms with Crippen molar-refractivity contribution in [1.82, 2.24) is 9.88 Å². The Labute approximate surface area is 152 Å². The zero-order chi connectivity index (χ0) is 19.1. The number of aryl methyl sites for hydroxylation is 1. The molecule has 7 heteroatoms. The van der Waals surface area contributed by atoms with Crippen molar-refractivity contribution in [2.24, 2.45) is 0 Å². The molecule has 0 bridgehead atoms. The van der Waals surface area contributed by atoms with Crippen LogP contribution in [0.2, 0.25) is 0 Å². The average molecular weight is 355 g/mol. The normalized spacial score (nSPS) is 10.1. The van der Waals surface area contributed by atoms with Gasteiger partial charge in [0.2, 0.25) is 5.91 Å². The van der Waals surface area contributed by atoms with Crippen molar-refractivity contribution >= 4 is 23.4 Å². The van der Waals surface area contributed by atoms with E-state index < -0.39 is 0 Å². The molecule has 2 aromatic rings. The first kappa shape index (κ1) is 19.1. The molecule has 26 heavy (non-hydrogen) atoms. The second kappa shape index (κ2) is 8.75. The van der Waals surface area contributed by atoms with Gasteiger partial charge < -0.3 is 15.0 Å². The number of hydrogen-bond donors (Lipinski definition) is 1. The predicted octanol–water partition coefficient (Wildman–Crippen LogP) is 2.07. The average Bonchev–Trinajstić information content (AvgIpc) is 2.59. The van der Waals surface area contributed by atoms with Crippen molar-refractivity contribution in [2.75, 3.05) is 25.5 Å². The van der Waals surface area contributed by atoms with E-state index in [1.54, 1.807) is 36.5 Å². The van der Waals surface area contributed by atoms with E-state index in [0.717, 1.165) is 5.56 Å². The lowest BCUT2D eigenvalue weighted by molar-refractivity contribution is -0.135. The van der Waals surface area contributed by atoms with Crippen LogP contribution in [0.15, 0.2) is 42.6 Å². The number of nitrogens with zero attached hydrogens (tertiary/aromatic N) is 2. The fourth-order valence-corrected chi connectivity index (χ4v) is 2.13. The van der Waals surface area contributed by atoms with E-state index in [1.165, 1.54) is 18.9 Å². The Morgan fingerprint density at radius 1 is 1.15 bits per heavy atom. The summed E-state index contributed by atoms with van der Waals surface area (Å²) < 4.78 is 5.39. The number of carbonyl (C=O) groups is 3. The van der Waals surface area contributed by atoms with Crippen LogP contribution in [0.3, 0.4) is 0 Å². The van der Waals surface area contributed by atoms with Gasteiger partial charge in [-0.15, -0.1) is 0 Å². The van der Waals surface area contributed by atoms with E-state index in [9.17, 15) is 14.4 Å². The third kappa shape index (κ3) is 5.70. The van der Waals surface area contributed by atoms with Crippen LogP contribution in [0.1, 0.15) is 22.8 Å². The number of rotatable bonds is 7. The number of Topliss-reactive ketones (excluding diaryl/α,β-unsaturated/α-hetero) is 1. The molecule has 0 saturated carbocycles. The minimum Gasteiger partial charge on any atom is -0.484 e. The molecule has 1 N–H and O–H groups in total. The fourth-order valence-electron chi connectivity index (χ4n) is 2.13. The number of carbonyl (C=O) groups excluding carboxylic acids is 3. The third-order valence-corrected chi connectivity index (χ3v) is 3.61. The Balaban J connectivity index is 1.81. The number of pyridine rings is 1. The predicted molar refractivity (Wildman–Crippen MR) is 97.2 cm³/mol. The summed E-state index contributed by atoms with van der Waals surface area (Å²) in [5.41, 5.74) is 1.55. The van der Waals surface area contributed by atoms with Crippen LogP contribution < -0.4 is 10.1 Å². The van der Waals surface area contributed by atoms with Crippen molar-refractivity contribution in [2.45, 2.75) is 13.8 Å². The zero-order valence-corrected chi connectivity index (χ0v) is 15.0. The molecule has 1 heterocycles. The molecule has 1 aromatic carbocycles. The summed E-state index contributed by atoms with van der Waals surface area (Å²) in [6.07, 6.45) is 1.60. The molecular weight excluding hydrogens is 334 g/mol. The van der Waals surface area contributed by atoms with Crippen molar-refractivity contribution in [1.29, 1.82) is 0 Å². The first-order chi connectivity index (χ1) is 12.3. The summed E-state index contributed by atoms with van der Waals surface area (Å²) in [5.74, 6) is 0.196. The first-order valence-corrected chi connectivity index (χ1v) is 8.05. The number of hydrogen-bond acceptors (Lipinski definition) is 5. The maximum Gasteiger partial charge on any atom is 0.260 e. The molecule has 0 fully saturated rings. The van der Waals surface area contributed by atoms with Crippen LogP contribution in [0.5, 0.6) is 5.75 Å². The van der Waals surface area contributed by atoms with E-state index in [0.29, 0.717) is 17.1 Å². The molecule has 0 saturated heterocycles. The standard InChI is InChI=1S/C19H21N3O4/c1-13-8-9-20-17(10-13)21-18(24)11-22(3)19(25)12-26-16-6-4-15(5-7-16)14(2)23/h4-10H,11-12H2,1-3H3,(H,20,21,24). The summed E-state index contributed by atoms with van der Waals surface area (Å²) in [6, 6.07) is 10.1. The summed E-state index contributed by atoms with van der Waals surface area (Å²) in [4.78, 5) is 40.6. The maximum absolute atomic E-state index is 12.1. The molecular formula is C19H21N3O4. The van der Waals surface area contributed by atoms with Crippen LogP contribution in [-0.4, -0.2) is 47.7 Å². The van der Waals surface area contributed by atoms with Crippen LogP contribution in [-0.2, 0) is 9.59 Å². The van der Waals surface area contributed by atoms with E-state index in [1.807, 2.05) is 13.0 Å². The number of anilines is 1. The third-order valence-electron chi connectivity index (χ3n) is 3.61. The minimum atomic E-state index is -0.343. The van der Waals surface area contributed by atoms with Crippen molar-refractivity contribution in [3.05, 3.63) is 53.7 Å². The molecule has 7 nitrogen and oxygen atoms in total. The number of amides is 2. The molecule has 0 aliphatic rings. The Morgan fingerprint density at radius 2 is 1.85 bits per heavy atom. The molecule has 136 valence electrons. The van der Waals surface area contributed by atoms with E-state index in [2.05, 4.69) is 10.3 Å². The summed E-state index contributed by atoms with van der Waals surface area (Å²) in [5, 5.41) is 2.64. The lowest BCUT2D eigenvalue weighted by Gasteiger charge is -2.17. The van der Waals surface area contributed by atoms with E-state index in [4.69, 9.17) is 4.74 Å². The fraction of sp³-hybridized carbons (Fsp3) is 0.263. The maximum atomic E-state index is 12.1.